The molecule has 88 valence electrons. The number of piperazine rings is 1. The van der Waals surface area contributed by atoms with Crippen molar-refractivity contribution in [2.24, 2.45) is 5.92 Å². The maximum absolute atomic E-state index is 2.68. The van der Waals surface area contributed by atoms with Crippen LogP contribution in [0.1, 0.15) is 19.8 Å². The van der Waals surface area contributed by atoms with E-state index in [1.165, 1.54) is 45.6 Å². The number of hydrogen-bond acceptors (Lipinski definition) is 3. The molecule has 2 aliphatic heterocycles. The second-order valence-electron chi connectivity index (χ2n) is 5.43. The minimum Gasteiger partial charge on any atom is -0.304 e. The number of hydrogen-bond donors (Lipinski definition) is 0. The van der Waals surface area contributed by atoms with E-state index >= 15 is 0 Å². The normalized spacial score (nSPS) is 37.0. The van der Waals surface area contributed by atoms with E-state index in [9.17, 15) is 0 Å². The van der Waals surface area contributed by atoms with Gasteiger partial charge in [0.15, 0.2) is 0 Å². The highest BCUT2D eigenvalue weighted by Crippen LogP contribution is 2.24. The van der Waals surface area contributed by atoms with Gasteiger partial charge in [-0.2, -0.15) is 0 Å². The molecule has 0 saturated carbocycles. The summed E-state index contributed by atoms with van der Waals surface area (Å²) in [5.41, 5.74) is 0. The van der Waals surface area contributed by atoms with Crippen molar-refractivity contribution in [3.05, 3.63) is 0 Å². The van der Waals surface area contributed by atoms with E-state index in [-0.39, 0.29) is 0 Å². The third-order valence-electron chi connectivity index (χ3n) is 4.06. The van der Waals surface area contributed by atoms with E-state index in [0.29, 0.717) is 6.17 Å². The fourth-order valence-corrected chi connectivity index (χ4v) is 2.78. The van der Waals surface area contributed by atoms with Crippen LogP contribution in [0.4, 0.5) is 0 Å². The van der Waals surface area contributed by atoms with Gasteiger partial charge in [-0.15, -0.1) is 0 Å². The Hall–Kier alpha value is -0.120. The largest absolute Gasteiger partial charge is 0.304 e. The van der Waals surface area contributed by atoms with Crippen LogP contribution in [-0.2, 0) is 0 Å². The third-order valence-corrected chi connectivity index (χ3v) is 4.06. The summed E-state index contributed by atoms with van der Waals surface area (Å²) in [4.78, 5) is 7.66. The van der Waals surface area contributed by atoms with Gasteiger partial charge in [0.2, 0.25) is 0 Å². The van der Waals surface area contributed by atoms with Gasteiger partial charge in [-0.3, -0.25) is 9.80 Å². The maximum atomic E-state index is 2.68. The molecule has 3 nitrogen and oxygen atoms in total. The van der Waals surface area contributed by atoms with Crippen LogP contribution in [0.5, 0.6) is 0 Å². The molecule has 1 unspecified atom stereocenters. The Balaban J connectivity index is 1.90. The minimum absolute atomic E-state index is 0.711. The monoisotopic (exact) mass is 211 g/mol. The van der Waals surface area contributed by atoms with Gasteiger partial charge in [0.1, 0.15) is 0 Å². The molecule has 2 heterocycles. The van der Waals surface area contributed by atoms with Crippen molar-refractivity contribution < 1.29 is 0 Å². The number of rotatable bonds is 1. The molecule has 0 aliphatic carbocycles. The van der Waals surface area contributed by atoms with Crippen molar-refractivity contribution in [3.63, 3.8) is 0 Å². The van der Waals surface area contributed by atoms with Gasteiger partial charge in [0, 0.05) is 26.2 Å². The molecule has 0 aromatic heterocycles. The van der Waals surface area contributed by atoms with Gasteiger partial charge >= 0.3 is 0 Å². The first-order valence-corrected chi connectivity index (χ1v) is 6.29. The van der Waals surface area contributed by atoms with Crippen molar-refractivity contribution >= 4 is 0 Å². The molecule has 0 bridgehead atoms. The van der Waals surface area contributed by atoms with Crippen LogP contribution in [-0.4, -0.2) is 67.7 Å². The zero-order chi connectivity index (χ0) is 10.8. The molecule has 2 saturated heterocycles. The van der Waals surface area contributed by atoms with Gasteiger partial charge in [0.25, 0.3) is 0 Å². The van der Waals surface area contributed by atoms with Crippen LogP contribution in [0.15, 0.2) is 0 Å². The van der Waals surface area contributed by atoms with E-state index in [1.807, 2.05) is 0 Å². The molecule has 0 spiro atoms. The summed E-state index contributed by atoms with van der Waals surface area (Å²) in [7, 11) is 4.51. The van der Waals surface area contributed by atoms with Gasteiger partial charge in [-0.1, -0.05) is 6.92 Å². The molecule has 0 aromatic rings. The number of nitrogens with zero attached hydrogens (tertiary/aromatic N) is 3. The molecule has 0 N–H and O–H groups in total. The van der Waals surface area contributed by atoms with Crippen molar-refractivity contribution in [2.45, 2.75) is 25.9 Å². The summed E-state index contributed by atoms with van der Waals surface area (Å²) in [6.45, 7) is 8.64. The van der Waals surface area contributed by atoms with Crippen LogP contribution < -0.4 is 0 Å². The first-order valence-electron chi connectivity index (χ1n) is 6.29. The third kappa shape index (κ3) is 2.71. The molecule has 2 aliphatic rings. The molecule has 3 heteroatoms. The lowest BCUT2D eigenvalue weighted by Gasteiger charge is -2.45. The van der Waals surface area contributed by atoms with E-state index in [0.717, 1.165) is 5.92 Å². The Morgan fingerprint density at radius 3 is 2.27 bits per heavy atom. The molecule has 15 heavy (non-hydrogen) atoms. The summed E-state index contributed by atoms with van der Waals surface area (Å²) >= 11 is 0. The maximum Gasteiger partial charge on any atom is 0.0623 e. The highest BCUT2D eigenvalue weighted by molar-refractivity contribution is 4.81. The van der Waals surface area contributed by atoms with Gasteiger partial charge in [-0.25, -0.2) is 0 Å². The summed E-state index contributed by atoms with van der Waals surface area (Å²) in [6.07, 6.45) is 3.45. The van der Waals surface area contributed by atoms with E-state index in [2.05, 4.69) is 35.7 Å². The van der Waals surface area contributed by atoms with Crippen molar-refractivity contribution in [1.29, 1.82) is 0 Å². The summed E-state index contributed by atoms with van der Waals surface area (Å²) in [5.74, 6) is 0.908. The minimum atomic E-state index is 0.711. The molecule has 2 atom stereocenters. The molecule has 0 aromatic carbocycles. The molecular formula is C12H25N3. The summed E-state index contributed by atoms with van der Waals surface area (Å²) < 4.78 is 0. The Morgan fingerprint density at radius 1 is 0.933 bits per heavy atom. The van der Waals surface area contributed by atoms with E-state index in [1.54, 1.807) is 0 Å². The summed E-state index contributed by atoms with van der Waals surface area (Å²) in [6, 6.07) is 0. The standard InChI is InChI=1S/C12H25N3/c1-11-4-5-14(3)12(10-11)15-8-6-13(2)7-9-15/h11-12H,4-10H2,1-3H3/t11-,12?/m1/s1. The summed E-state index contributed by atoms with van der Waals surface area (Å²) in [5, 5.41) is 0. The Kier molecular flexibility index (Phi) is 3.65. The van der Waals surface area contributed by atoms with Crippen LogP contribution in [0, 0.1) is 5.92 Å². The smallest absolute Gasteiger partial charge is 0.0623 e. The molecule has 0 radical (unpaired) electrons. The number of likely N-dealkylation sites (tertiary alicyclic amines) is 1. The first-order chi connectivity index (χ1) is 7.16. The van der Waals surface area contributed by atoms with Crippen molar-refractivity contribution in [1.82, 2.24) is 14.7 Å². The number of piperidine rings is 1. The lowest BCUT2D eigenvalue weighted by atomic mass is 9.96. The Bertz CT molecular complexity index is 199. The predicted molar refractivity (Wildman–Crippen MR) is 63.9 cm³/mol. The second kappa shape index (κ2) is 4.81. The highest BCUT2D eigenvalue weighted by Gasteiger charge is 2.29. The molecule has 0 amide bonds. The van der Waals surface area contributed by atoms with Gasteiger partial charge in [0.05, 0.1) is 6.17 Å². The van der Waals surface area contributed by atoms with Crippen LogP contribution >= 0.6 is 0 Å². The van der Waals surface area contributed by atoms with E-state index < -0.39 is 0 Å². The Morgan fingerprint density at radius 2 is 1.60 bits per heavy atom. The lowest BCUT2D eigenvalue weighted by Crippen LogP contribution is -2.56. The fourth-order valence-electron chi connectivity index (χ4n) is 2.78. The van der Waals surface area contributed by atoms with E-state index in [4.69, 9.17) is 0 Å². The average molecular weight is 211 g/mol. The highest BCUT2D eigenvalue weighted by atomic mass is 15.4. The van der Waals surface area contributed by atoms with Crippen molar-refractivity contribution in [2.75, 3.05) is 46.8 Å². The van der Waals surface area contributed by atoms with Gasteiger partial charge in [-0.05, 0) is 39.4 Å². The van der Waals surface area contributed by atoms with Crippen LogP contribution in [0.3, 0.4) is 0 Å². The van der Waals surface area contributed by atoms with Crippen LogP contribution in [0.2, 0.25) is 0 Å². The van der Waals surface area contributed by atoms with Gasteiger partial charge < -0.3 is 4.90 Å². The molecule has 2 rings (SSSR count). The SMILES string of the molecule is C[C@@H]1CCN(C)C(N2CCN(C)CC2)C1. The molecular weight excluding hydrogens is 186 g/mol. The first kappa shape index (κ1) is 11.4. The van der Waals surface area contributed by atoms with Crippen LogP contribution in [0.25, 0.3) is 0 Å². The zero-order valence-electron chi connectivity index (χ0n) is 10.4. The number of likely N-dealkylation sites (N-methyl/N-ethyl adjacent to an activating group) is 1. The second-order valence-corrected chi connectivity index (χ2v) is 5.43. The molecule has 2 fully saturated rings. The Labute approximate surface area is 94.0 Å². The predicted octanol–water partition coefficient (Wildman–Crippen LogP) is 0.922. The van der Waals surface area contributed by atoms with Crippen molar-refractivity contribution in [3.8, 4) is 0 Å². The topological polar surface area (TPSA) is 9.72 Å². The zero-order valence-corrected chi connectivity index (χ0v) is 10.4. The lowest BCUT2D eigenvalue weighted by molar-refractivity contribution is -0.00941. The quantitative estimate of drug-likeness (QED) is 0.638. The fraction of sp³-hybridized carbons (Fsp3) is 1.00. The average Bonchev–Trinajstić information content (AvgIpc) is 2.23.